The number of fused-ring (bicyclic) bond motifs is 3. The Morgan fingerprint density at radius 1 is 0.731 bits per heavy atom. The first-order valence-electron chi connectivity index (χ1n) is 8.56. The lowest BCUT2D eigenvalue weighted by Gasteiger charge is -2.12. The highest BCUT2D eigenvalue weighted by Gasteiger charge is 2.26. The van der Waals surface area contributed by atoms with Crippen molar-refractivity contribution in [1.82, 2.24) is 0 Å². The van der Waals surface area contributed by atoms with Crippen LogP contribution in [0.1, 0.15) is 5.56 Å². The van der Waals surface area contributed by atoms with Crippen molar-refractivity contribution in [2.75, 3.05) is 7.11 Å². The van der Waals surface area contributed by atoms with Crippen LogP contribution in [-0.4, -0.2) is 7.11 Å². The minimum absolute atomic E-state index is 0.723. The number of hydrogen-bond acceptors (Lipinski definition) is 2. The van der Waals surface area contributed by atoms with Crippen molar-refractivity contribution in [2.24, 2.45) is 0 Å². The van der Waals surface area contributed by atoms with E-state index in [1.54, 1.807) is 7.11 Å². The highest BCUT2D eigenvalue weighted by molar-refractivity contribution is 6.19. The molecule has 0 aromatic heterocycles. The second-order valence-electron chi connectivity index (χ2n) is 6.46. The number of ether oxygens (including phenoxy) is 1. The molecule has 1 aliphatic carbocycles. The molecule has 0 saturated carbocycles. The van der Waals surface area contributed by atoms with E-state index in [-0.39, 0.29) is 0 Å². The van der Waals surface area contributed by atoms with Gasteiger partial charge in [-0.05, 0) is 56.8 Å². The average molecular weight is 333 g/mol. The molecule has 5 rings (SSSR count). The zero-order chi connectivity index (χ0) is 17.7. The molecule has 0 unspecified atom stereocenters. The van der Waals surface area contributed by atoms with E-state index in [1.807, 2.05) is 18.2 Å². The molecule has 26 heavy (non-hydrogen) atoms. The van der Waals surface area contributed by atoms with E-state index in [2.05, 4.69) is 60.7 Å². The Balaban J connectivity index is 1.88. The van der Waals surface area contributed by atoms with E-state index >= 15 is 0 Å². The molecule has 2 heteroatoms. The summed E-state index contributed by atoms with van der Waals surface area (Å²) in [5.41, 5.74) is 7.55. The molecule has 4 aromatic rings. The summed E-state index contributed by atoms with van der Waals surface area (Å²) in [6, 6.07) is 27.2. The van der Waals surface area contributed by atoms with Gasteiger partial charge in [0.25, 0.3) is 0 Å². The summed E-state index contributed by atoms with van der Waals surface area (Å²) < 4.78 is 5.29. The normalized spacial score (nSPS) is 11.2. The van der Waals surface area contributed by atoms with Crippen molar-refractivity contribution in [3.8, 4) is 45.2 Å². The third-order valence-electron chi connectivity index (χ3n) is 5.17. The smallest absolute Gasteiger partial charge is 0.118 e. The summed E-state index contributed by atoms with van der Waals surface area (Å²) in [5.74, 6) is 0.837. The lowest BCUT2D eigenvalue weighted by molar-refractivity contribution is 0.415. The predicted octanol–water partition coefficient (Wildman–Crippen LogP) is 6.03. The molecule has 0 N–H and O–H groups in total. The van der Waals surface area contributed by atoms with E-state index in [9.17, 15) is 5.26 Å². The molecule has 0 saturated heterocycles. The summed E-state index contributed by atoms with van der Waals surface area (Å²) in [7, 11) is 1.67. The van der Waals surface area contributed by atoms with Crippen LogP contribution >= 0.6 is 0 Å². The van der Waals surface area contributed by atoms with E-state index in [0.29, 0.717) is 0 Å². The zero-order valence-electron chi connectivity index (χ0n) is 14.3. The highest BCUT2D eigenvalue weighted by atomic mass is 16.5. The first-order chi connectivity index (χ1) is 12.8. The van der Waals surface area contributed by atoms with Crippen molar-refractivity contribution >= 4 is 10.8 Å². The molecule has 0 radical (unpaired) electrons. The van der Waals surface area contributed by atoms with Crippen molar-refractivity contribution in [1.29, 1.82) is 5.26 Å². The zero-order valence-corrected chi connectivity index (χ0v) is 14.3. The molecular formula is C24H15NO. The molecule has 0 bridgehead atoms. The molecule has 0 atom stereocenters. The van der Waals surface area contributed by atoms with Gasteiger partial charge in [0, 0.05) is 5.56 Å². The molecule has 4 aromatic carbocycles. The third kappa shape index (κ3) is 1.92. The van der Waals surface area contributed by atoms with Crippen molar-refractivity contribution in [3.63, 3.8) is 0 Å². The molecule has 0 spiro atoms. The number of benzene rings is 4. The van der Waals surface area contributed by atoms with Gasteiger partial charge in [-0.25, -0.2) is 0 Å². The van der Waals surface area contributed by atoms with Crippen LogP contribution in [0.15, 0.2) is 72.8 Å². The van der Waals surface area contributed by atoms with Crippen LogP contribution in [0.5, 0.6) is 5.75 Å². The lowest BCUT2D eigenvalue weighted by atomic mass is 9.90. The van der Waals surface area contributed by atoms with Gasteiger partial charge in [-0.3, -0.25) is 0 Å². The summed E-state index contributed by atoms with van der Waals surface area (Å²) in [6.07, 6.45) is 0. The van der Waals surface area contributed by atoms with Crippen molar-refractivity contribution in [3.05, 3.63) is 78.4 Å². The fourth-order valence-electron chi connectivity index (χ4n) is 4.02. The van der Waals surface area contributed by atoms with Gasteiger partial charge in [0.05, 0.1) is 18.7 Å². The van der Waals surface area contributed by atoms with Crippen LogP contribution in [-0.2, 0) is 0 Å². The fourth-order valence-corrected chi connectivity index (χ4v) is 4.02. The maximum absolute atomic E-state index is 9.70. The maximum atomic E-state index is 9.70. The molecule has 122 valence electrons. The lowest BCUT2D eigenvalue weighted by Crippen LogP contribution is -1.89. The summed E-state index contributed by atoms with van der Waals surface area (Å²) >= 11 is 0. The molecule has 0 aliphatic heterocycles. The first-order valence-corrected chi connectivity index (χ1v) is 8.56. The van der Waals surface area contributed by atoms with Gasteiger partial charge in [0.15, 0.2) is 0 Å². The van der Waals surface area contributed by atoms with E-state index < -0.39 is 0 Å². The number of hydrogen-bond donors (Lipinski definition) is 0. The Bertz CT molecular complexity index is 1210. The number of nitrogens with zero attached hydrogens (tertiary/aromatic N) is 1. The Labute approximate surface area is 151 Å². The number of methoxy groups -OCH3 is 1. The molecule has 0 heterocycles. The minimum atomic E-state index is 0.723. The number of nitriles is 1. The second kappa shape index (κ2) is 5.47. The summed E-state index contributed by atoms with van der Waals surface area (Å²) in [4.78, 5) is 0. The Morgan fingerprint density at radius 2 is 1.42 bits per heavy atom. The van der Waals surface area contributed by atoms with Gasteiger partial charge in [-0.15, -0.1) is 0 Å². The van der Waals surface area contributed by atoms with Crippen LogP contribution in [0.3, 0.4) is 0 Å². The summed E-state index contributed by atoms with van der Waals surface area (Å²) in [6.45, 7) is 0. The standard InChI is InChI=1S/C24H15NO/c1-26-18-11-8-15(9-12-18)19-13-10-17(14-25)23-20-6-2-4-16-5-3-7-21(22(16)20)24(19)23/h2-13H,1H3. The first kappa shape index (κ1) is 14.7. The van der Waals surface area contributed by atoms with Crippen LogP contribution in [0, 0.1) is 11.3 Å². The molecule has 0 fully saturated rings. The second-order valence-corrected chi connectivity index (χ2v) is 6.46. The van der Waals surface area contributed by atoms with E-state index in [0.717, 1.165) is 39.1 Å². The maximum Gasteiger partial charge on any atom is 0.118 e. The van der Waals surface area contributed by atoms with Crippen molar-refractivity contribution < 1.29 is 4.74 Å². The van der Waals surface area contributed by atoms with Gasteiger partial charge in [-0.2, -0.15) is 5.26 Å². The molecular weight excluding hydrogens is 318 g/mol. The quantitative estimate of drug-likeness (QED) is 0.395. The van der Waals surface area contributed by atoms with E-state index in [4.69, 9.17) is 4.74 Å². The van der Waals surface area contributed by atoms with Crippen molar-refractivity contribution in [2.45, 2.75) is 0 Å². The average Bonchev–Trinajstić information content (AvgIpc) is 3.05. The highest BCUT2D eigenvalue weighted by Crippen LogP contribution is 2.52. The molecule has 2 nitrogen and oxygen atoms in total. The number of rotatable bonds is 2. The van der Waals surface area contributed by atoms with E-state index in [1.165, 1.54) is 16.3 Å². The molecule has 0 amide bonds. The van der Waals surface area contributed by atoms with Gasteiger partial charge < -0.3 is 4.74 Å². The molecule has 1 aliphatic rings. The van der Waals surface area contributed by atoms with Gasteiger partial charge in [0.1, 0.15) is 5.75 Å². The fraction of sp³-hybridized carbons (Fsp3) is 0.0417. The predicted molar refractivity (Wildman–Crippen MR) is 105 cm³/mol. The van der Waals surface area contributed by atoms with Gasteiger partial charge >= 0.3 is 0 Å². The topological polar surface area (TPSA) is 33.0 Å². The Hall–Kier alpha value is -3.57. The van der Waals surface area contributed by atoms with Gasteiger partial charge in [-0.1, -0.05) is 54.6 Å². The SMILES string of the molecule is COc1ccc(-c2ccc(C#N)c3c2-c2cccc4cccc-3c24)cc1. The Kier molecular flexibility index (Phi) is 3.10. The largest absolute Gasteiger partial charge is 0.497 e. The van der Waals surface area contributed by atoms with Crippen LogP contribution < -0.4 is 4.74 Å². The minimum Gasteiger partial charge on any atom is -0.497 e. The third-order valence-corrected chi connectivity index (χ3v) is 5.17. The van der Waals surface area contributed by atoms with Crippen LogP contribution in [0.2, 0.25) is 0 Å². The van der Waals surface area contributed by atoms with Crippen LogP contribution in [0.4, 0.5) is 0 Å². The van der Waals surface area contributed by atoms with Gasteiger partial charge in [0.2, 0.25) is 0 Å². The summed E-state index contributed by atoms with van der Waals surface area (Å²) in [5, 5.41) is 12.1. The van der Waals surface area contributed by atoms with Crippen LogP contribution in [0.25, 0.3) is 44.2 Å². The Morgan fingerprint density at radius 3 is 2.08 bits per heavy atom. The monoisotopic (exact) mass is 333 g/mol.